The second-order valence-electron chi connectivity index (χ2n) is 6.26. The van der Waals surface area contributed by atoms with E-state index in [4.69, 9.17) is 9.47 Å². The summed E-state index contributed by atoms with van der Waals surface area (Å²) in [6.45, 7) is 0.0368. The molecule has 0 unspecified atom stereocenters. The van der Waals surface area contributed by atoms with Gasteiger partial charge in [-0.25, -0.2) is 18.6 Å². The second-order valence-corrected chi connectivity index (χ2v) is 6.26. The van der Waals surface area contributed by atoms with Gasteiger partial charge in [0.1, 0.15) is 24.0 Å². The molecule has 144 valence electrons. The zero-order chi connectivity index (χ0) is 20.2. The van der Waals surface area contributed by atoms with Crippen molar-refractivity contribution in [2.45, 2.75) is 6.61 Å². The van der Waals surface area contributed by atoms with Crippen LogP contribution in [-0.4, -0.2) is 11.9 Å². The number of halogens is 2. The first kappa shape index (κ1) is 18.6. The molecule has 0 atom stereocenters. The van der Waals surface area contributed by atoms with Gasteiger partial charge in [-0.2, -0.15) is 0 Å². The molecule has 4 nitrogen and oxygen atoms in total. The topological polar surface area (TPSA) is 47.9 Å². The molecule has 0 aliphatic carbocycles. The number of aliphatic imine (C=N–C) groups is 1. The van der Waals surface area contributed by atoms with Crippen molar-refractivity contribution in [1.82, 2.24) is 0 Å². The molecule has 1 heterocycles. The smallest absolute Gasteiger partial charge is 0.363 e. The van der Waals surface area contributed by atoms with E-state index in [0.29, 0.717) is 22.4 Å². The fourth-order valence-electron chi connectivity index (χ4n) is 2.80. The van der Waals surface area contributed by atoms with Crippen molar-refractivity contribution in [1.29, 1.82) is 0 Å². The van der Waals surface area contributed by atoms with E-state index >= 15 is 0 Å². The number of cyclic esters (lactones) is 1. The summed E-state index contributed by atoms with van der Waals surface area (Å²) in [5.41, 5.74) is 1.43. The number of esters is 1. The van der Waals surface area contributed by atoms with Crippen molar-refractivity contribution < 1.29 is 23.0 Å². The molecule has 4 rings (SSSR count). The fraction of sp³-hybridized carbons (Fsp3) is 0.0435. The molecule has 0 amide bonds. The Hall–Kier alpha value is -3.80. The Morgan fingerprint density at radius 2 is 1.76 bits per heavy atom. The van der Waals surface area contributed by atoms with Crippen molar-refractivity contribution in [2.24, 2.45) is 4.99 Å². The summed E-state index contributed by atoms with van der Waals surface area (Å²) in [5, 5.41) is 0. The number of benzene rings is 3. The van der Waals surface area contributed by atoms with E-state index in [9.17, 15) is 13.6 Å². The zero-order valence-electron chi connectivity index (χ0n) is 15.1. The Balaban J connectivity index is 1.59. The molecule has 29 heavy (non-hydrogen) atoms. The normalized spacial score (nSPS) is 14.6. The van der Waals surface area contributed by atoms with Crippen LogP contribution < -0.4 is 4.74 Å². The highest BCUT2D eigenvalue weighted by Gasteiger charge is 2.24. The monoisotopic (exact) mass is 391 g/mol. The van der Waals surface area contributed by atoms with Crippen molar-refractivity contribution in [2.75, 3.05) is 0 Å². The van der Waals surface area contributed by atoms with Crippen LogP contribution >= 0.6 is 0 Å². The lowest BCUT2D eigenvalue weighted by molar-refractivity contribution is -0.129. The minimum absolute atomic E-state index is 0.0329. The zero-order valence-corrected chi connectivity index (χ0v) is 15.1. The number of para-hydroxylation sites is 1. The number of hydrogen-bond donors (Lipinski definition) is 0. The van der Waals surface area contributed by atoms with Gasteiger partial charge < -0.3 is 9.47 Å². The van der Waals surface area contributed by atoms with Gasteiger partial charge in [0, 0.05) is 16.7 Å². The largest absolute Gasteiger partial charge is 0.488 e. The standard InChI is InChI=1S/C23H15F2NO3/c24-18-9-5-8-16(12-18)22-26-20(23(27)29-22)13-15-6-2-4-11-21(15)28-14-17-7-1-3-10-19(17)25/h1-13H,14H2/b20-13+. The molecule has 0 aromatic heterocycles. The first-order chi connectivity index (χ1) is 14.1. The van der Waals surface area contributed by atoms with Crippen molar-refractivity contribution in [3.05, 3.63) is 107 Å². The predicted molar refractivity (Wildman–Crippen MR) is 104 cm³/mol. The van der Waals surface area contributed by atoms with Gasteiger partial charge in [0.05, 0.1) is 0 Å². The number of carbonyl (C=O) groups excluding carboxylic acids is 1. The first-order valence-electron chi connectivity index (χ1n) is 8.84. The lowest BCUT2D eigenvalue weighted by Crippen LogP contribution is -2.05. The summed E-state index contributed by atoms with van der Waals surface area (Å²) >= 11 is 0. The highest BCUT2D eigenvalue weighted by atomic mass is 19.1. The highest BCUT2D eigenvalue weighted by molar-refractivity contribution is 6.12. The molecule has 0 saturated heterocycles. The first-order valence-corrected chi connectivity index (χ1v) is 8.84. The van der Waals surface area contributed by atoms with Crippen LogP contribution in [0.4, 0.5) is 8.78 Å². The van der Waals surface area contributed by atoms with Gasteiger partial charge in [0.2, 0.25) is 5.90 Å². The van der Waals surface area contributed by atoms with Crippen LogP contribution in [0.2, 0.25) is 0 Å². The maximum atomic E-state index is 13.8. The second kappa shape index (κ2) is 8.06. The summed E-state index contributed by atoms with van der Waals surface area (Å²) < 4.78 is 38.1. The van der Waals surface area contributed by atoms with E-state index in [1.165, 1.54) is 30.3 Å². The number of nitrogens with zero attached hydrogens (tertiary/aromatic N) is 1. The SMILES string of the molecule is O=C1OC(c2cccc(F)c2)=N/C1=C/c1ccccc1OCc1ccccc1F. The quantitative estimate of drug-likeness (QED) is 0.460. The molecule has 1 aliphatic heterocycles. The third kappa shape index (κ3) is 4.21. The molecule has 0 radical (unpaired) electrons. The van der Waals surface area contributed by atoms with E-state index in [1.807, 2.05) is 0 Å². The minimum Gasteiger partial charge on any atom is -0.488 e. The van der Waals surface area contributed by atoms with Crippen molar-refractivity contribution >= 4 is 17.9 Å². The van der Waals surface area contributed by atoms with Crippen LogP contribution in [0.1, 0.15) is 16.7 Å². The fourth-order valence-corrected chi connectivity index (χ4v) is 2.80. The average Bonchev–Trinajstić information content (AvgIpc) is 3.09. The minimum atomic E-state index is -0.645. The lowest BCUT2D eigenvalue weighted by Gasteiger charge is -2.10. The van der Waals surface area contributed by atoms with Gasteiger partial charge in [0.25, 0.3) is 0 Å². The molecule has 3 aromatic carbocycles. The molecule has 0 N–H and O–H groups in total. The Bertz CT molecular complexity index is 1140. The highest BCUT2D eigenvalue weighted by Crippen LogP contribution is 2.26. The number of hydrogen-bond acceptors (Lipinski definition) is 4. The molecular weight excluding hydrogens is 376 g/mol. The molecule has 0 saturated carbocycles. The van der Waals surface area contributed by atoms with E-state index in [-0.39, 0.29) is 24.0 Å². The summed E-state index contributed by atoms with van der Waals surface area (Å²) in [4.78, 5) is 16.4. The summed E-state index contributed by atoms with van der Waals surface area (Å²) in [6.07, 6.45) is 1.52. The van der Waals surface area contributed by atoms with Gasteiger partial charge >= 0.3 is 5.97 Å². The van der Waals surface area contributed by atoms with Gasteiger partial charge in [-0.15, -0.1) is 0 Å². The van der Waals surface area contributed by atoms with Crippen LogP contribution in [0.5, 0.6) is 5.75 Å². The molecule has 6 heteroatoms. The molecule has 0 spiro atoms. The Morgan fingerprint density at radius 1 is 0.966 bits per heavy atom. The third-order valence-electron chi connectivity index (χ3n) is 4.24. The van der Waals surface area contributed by atoms with Crippen LogP contribution in [0.3, 0.4) is 0 Å². The third-order valence-corrected chi connectivity index (χ3v) is 4.24. The van der Waals surface area contributed by atoms with Gasteiger partial charge in [-0.1, -0.05) is 42.5 Å². The van der Waals surface area contributed by atoms with Crippen molar-refractivity contribution in [3.8, 4) is 5.75 Å². The van der Waals surface area contributed by atoms with Crippen LogP contribution in [0, 0.1) is 11.6 Å². The number of carbonyl (C=O) groups is 1. The molecule has 0 bridgehead atoms. The number of rotatable bonds is 5. The average molecular weight is 391 g/mol. The van der Waals surface area contributed by atoms with Crippen LogP contribution in [-0.2, 0) is 16.1 Å². The lowest BCUT2D eigenvalue weighted by atomic mass is 10.1. The molecular formula is C23H15F2NO3. The van der Waals surface area contributed by atoms with Gasteiger partial charge in [-0.3, -0.25) is 0 Å². The number of ether oxygens (including phenoxy) is 2. The summed E-state index contributed by atoms with van der Waals surface area (Å²) in [5.74, 6) is -0.957. The van der Waals surface area contributed by atoms with Crippen LogP contribution in [0.25, 0.3) is 6.08 Å². The summed E-state index contributed by atoms with van der Waals surface area (Å²) in [6, 6.07) is 19.0. The predicted octanol–water partition coefficient (Wildman–Crippen LogP) is 4.89. The molecule has 3 aromatic rings. The van der Waals surface area contributed by atoms with Crippen LogP contribution in [0.15, 0.2) is 83.5 Å². The Kier molecular flexibility index (Phi) is 5.16. The Labute approximate surface area is 165 Å². The van der Waals surface area contributed by atoms with Gasteiger partial charge in [-0.05, 0) is 36.4 Å². The van der Waals surface area contributed by atoms with Gasteiger partial charge in [0.15, 0.2) is 5.70 Å². The Morgan fingerprint density at radius 3 is 2.59 bits per heavy atom. The van der Waals surface area contributed by atoms with E-state index < -0.39 is 11.8 Å². The maximum absolute atomic E-state index is 13.8. The van der Waals surface area contributed by atoms with Crippen molar-refractivity contribution in [3.63, 3.8) is 0 Å². The molecule has 1 aliphatic rings. The maximum Gasteiger partial charge on any atom is 0.363 e. The molecule has 0 fully saturated rings. The van der Waals surface area contributed by atoms with E-state index in [1.54, 1.807) is 48.5 Å². The van der Waals surface area contributed by atoms with E-state index in [2.05, 4.69) is 4.99 Å². The summed E-state index contributed by atoms with van der Waals surface area (Å²) in [7, 11) is 0. The van der Waals surface area contributed by atoms with E-state index in [0.717, 1.165) is 0 Å².